The number of carbonyl (C=O) groups excluding carboxylic acids is 1. The Morgan fingerprint density at radius 1 is 1.16 bits per heavy atom. The smallest absolute Gasteiger partial charge is 0.315 e. The lowest BCUT2D eigenvalue weighted by Crippen LogP contribution is -2.45. The van der Waals surface area contributed by atoms with Gasteiger partial charge in [-0.25, -0.2) is 14.2 Å². The molecule has 0 saturated heterocycles. The Morgan fingerprint density at radius 3 is 2.58 bits per heavy atom. The maximum absolute atomic E-state index is 13.6. The van der Waals surface area contributed by atoms with Crippen LogP contribution in [0.2, 0.25) is 0 Å². The van der Waals surface area contributed by atoms with Crippen molar-refractivity contribution in [1.82, 2.24) is 20.6 Å². The predicted octanol–water partition coefficient (Wildman–Crippen LogP) is 4.15. The largest absolute Gasteiger partial charge is 0.393 e. The number of benzene rings is 2. The molecule has 4 rings (SSSR count). The van der Waals surface area contributed by atoms with Gasteiger partial charge in [0.2, 0.25) is 0 Å². The van der Waals surface area contributed by atoms with Crippen LogP contribution in [0.4, 0.5) is 9.18 Å². The summed E-state index contributed by atoms with van der Waals surface area (Å²) in [6, 6.07) is 12.1. The molecule has 0 bridgehead atoms. The molecule has 4 N–H and O–H groups in total. The van der Waals surface area contributed by atoms with Crippen molar-refractivity contribution >= 4 is 17.1 Å². The van der Waals surface area contributed by atoms with Gasteiger partial charge in [0, 0.05) is 12.1 Å². The molecule has 31 heavy (non-hydrogen) atoms. The van der Waals surface area contributed by atoms with E-state index < -0.39 is 6.04 Å². The summed E-state index contributed by atoms with van der Waals surface area (Å²) in [5.74, 6) is 0.247. The fourth-order valence-electron chi connectivity index (χ4n) is 4.13. The summed E-state index contributed by atoms with van der Waals surface area (Å²) in [5, 5.41) is 15.7. The number of hydrogen-bond donors (Lipinski definition) is 4. The van der Waals surface area contributed by atoms with Crippen LogP contribution in [-0.2, 0) is 12.8 Å². The van der Waals surface area contributed by atoms with Gasteiger partial charge in [0.1, 0.15) is 11.6 Å². The SMILES string of the molecule is CCc1ccc(CC(NC(=O)N[C@H]2CC[C@H](O)CC2)c2nc3cc(F)ccc3[nH]2)cc1. The normalized spacial score (nSPS) is 19.8. The Labute approximate surface area is 181 Å². The number of carbonyl (C=O) groups is 1. The molecular formula is C24H29FN4O2. The van der Waals surface area contributed by atoms with Crippen LogP contribution in [0.1, 0.15) is 55.6 Å². The lowest BCUT2D eigenvalue weighted by atomic mass is 9.93. The fourth-order valence-corrected chi connectivity index (χ4v) is 4.13. The Kier molecular flexibility index (Phi) is 6.51. The molecule has 0 spiro atoms. The minimum atomic E-state index is -0.392. The van der Waals surface area contributed by atoms with Gasteiger partial charge >= 0.3 is 6.03 Å². The third-order valence-electron chi connectivity index (χ3n) is 6.00. The Balaban J connectivity index is 1.52. The molecule has 0 radical (unpaired) electrons. The number of fused-ring (bicyclic) bond motifs is 1. The van der Waals surface area contributed by atoms with Crippen molar-refractivity contribution in [1.29, 1.82) is 0 Å². The number of nitrogens with zero attached hydrogens (tertiary/aromatic N) is 1. The number of rotatable bonds is 6. The number of amides is 2. The maximum atomic E-state index is 13.6. The van der Waals surface area contributed by atoms with Crippen LogP contribution in [0.15, 0.2) is 42.5 Å². The Bertz CT molecular complexity index is 1030. The molecule has 1 fully saturated rings. The van der Waals surface area contributed by atoms with E-state index in [-0.39, 0.29) is 24.0 Å². The minimum absolute atomic E-state index is 0.0534. The number of imidazole rings is 1. The highest BCUT2D eigenvalue weighted by atomic mass is 19.1. The fraction of sp³-hybridized carbons (Fsp3) is 0.417. The topological polar surface area (TPSA) is 90.0 Å². The van der Waals surface area contributed by atoms with E-state index in [2.05, 4.69) is 51.8 Å². The summed E-state index contributed by atoms with van der Waals surface area (Å²) in [6.45, 7) is 2.11. The molecule has 2 aromatic carbocycles. The zero-order chi connectivity index (χ0) is 21.8. The van der Waals surface area contributed by atoms with Crippen LogP contribution in [0.5, 0.6) is 0 Å². The lowest BCUT2D eigenvalue weighted by Gasteiger charge is -2.27. The number of aromatic amines is 1. The number of H-pyrrole nitrogens is 1. The molecule has 1 aromatic heterocycles. The summed E-state index contributed by atoms with van der Waals surface area (Å²) in [4.78, 5) is 20.5. The van der Waals surface area contributed by atoms with Gasteiger partial charge in [0.05, 0.1) is 23.2 Å². The van der Waals surface area contributed by atoms with Gasteiger partial charge in [-0.2, -0.15) is 0 Å². The van der Waals surface area contributed by atoms with Crippen LogP contribution >= 0.6 is 0 Å². The van der Waals surface area contributed by atoms with Gasteiger partial charge in [0.15, 0.2) is 0 Å². The zero-order valence-electron chi connectivity index (χ0n) is 17.7. The van der Waals surface area contributed by atoms with Crippen LogP contribution < -0.4 is 10.6 Å². The minimum Gasteiger partial charge on any atom is -0.393 e. The molecule has 3 aromatic rings. The van der Waals surface area contributed by atoms with Gasteiger partial charge in [-0.05, 0) is 61.8 Å². The average molecular weight is 425 g/mol. The summed E-state index contributed by atoms with van der Waals surface area (Å²) >= 11 is 0. The molecule has 1 saturated carbocycles. The van der Waals surface area contributed by atoms with Crippen LogP contribution in [0.3, 0.4) is 0 Å². The van der Waals surface area contributed by atoms with E-state index in [4.69, 9.17) is 0 Å². The van der Waals surface area contributed by atoms with E-state index in [0.717, 1.165) is 30.3 Å². The molecule has 6 nitrogen and oxygen atoms in total. The highest BCUT2D eigenvalue weighted by Gasteiger charge is 2.24. The van der Waals surface area contributed by atoms with E-state index in [1.165, 1.54) is 17.7 Å². The van der Waals surface area contributed by atoms with E-state index in [0.29, 0.717) is 30.6 Å². The van der Waals surface area contributed by atoms with Crippen molar-refractivity contribution in [3.63, 3.8) is 0 Å². The van der Waals surface area contributed by atoms with Crippen LogP contribution in [0.25, 0.3) is 11.0 Å². The molecule has 1 aliphatic carbocycles. The molecule has 1 atom stereocenters. The zero-order valence-corrected chi connectivity index (χ0v) is 17.7. The number of aliphatic hydroxyl groups is 1. The van der Waals surface area contributed by atoms with Crippen molar-refractivity contribution in [2.75, 3.05) is 0 Å². The molecule has 164 valence electrons. The molecule has 0 aliphatic heterocycles. The second-order valence-corrected chi connectivity index (χ2v) is 8.33. The van der Waals surface area contributed by atoms with Crippen molar-refractivity contribution < 1.29 is 14.3 Å². The van der Waals surface area contributed by atoms with Gasteiger partial charge in [-0.15, -0.1) is 0 Å². The van der Waals surface area contributed by atoms with Gasteiger partial charge in [0.25, 0.3) is 0 Å². The first-order valence-corrected chi connectivity index (χ1v) is 11.0. The monoisotopic (exact) mass is 424 g/mol. The average Bonchev–Trinajstić information content (AvgIpc) is 3.18. The Morgan fingerprint density at radius 2 is 1.87 bits per heavy atom. The molecular weight excluding hydrogens is 395 g/mol. The summed E-state index contributed by atoms with van der Waals surface area (Å²) < 4.78 is 13.6. The lowest BCUT2D eigenvalue weighted by molar-refractivity contribution is 0.117. The third-order valence-corrected chi connectivity index (χ3v) is 6.00. The number of aliphatic hydroxyl groups excluding tert-OH is 1. The van der Waals surface area contributed by atoms with Crippen molar-refractivity contribution in [2.24, 2.45) is 0 Å². The predicted molar refractivity (Wildman–Crippen MR) is 118 cm³/mol. The number of urea groups is 1. The number of aryl methyl sites for hydroxylation is 1. The quantitative estimate of drug-likeness (QED) is 0.479. The highest BCUT2D eigenvalue weighted by Crippen LogP contribution is 2.22. The molecule has 2 amide bonds. The van der Waals surface area contributed by atoms with Crippen LogP contribution in [-0.4, -0.2) is 33.3 Å². The van der Waals surface area contributed by atoms with Crippen molar-refractivity contribution in [2.45, 2.75) is 63.6 Å². The summed E-state index contributed by atoms with van der Waals surface area (Å²) in [5.41, 5.74) is 3.59. The molecule has 1 heterocycles. The van der Waals surface area contributed by atoms with E-state index >= 15 is 0 Å². The first kappa shape index (κ1) is 21.3. The van der Waals surface area contributed by atoms with Gasteiger partial charge in [-0.3, -0.25) is 0 Å². The molecule has 1 unspecified atom stereocenters. The number of halogens is 1. The standard InChI is InChI=1S/C24H29FN4O2/c1-2-15-3-5-16(6-4-15)13-22(23-27-20-12-7-17(25)14-21(20)28-23)29-24(31)26-18-8-10-19(30)11-9-18/h3-7,12,14,18-19,22,30H,2,8-11,13H2,1H3,(H,27,28)(H2,26,29,31)/t18-,19-,22?. The second kappa shape index (κ2) is 9.47. The Hall–Kier alpha value is -2.93. The van der Waals surface area contributed by atoms with Crippen molar-refractivity contribution in [3.8, 4) is 0 Å². The first-order valence-electron chi connectivity index (χ1n) is 11.0. The van der Waals surface area contributed by atoms with E-state index in [1.807, 2.05) is 0 Å². The number of nitrogens with one attached hydrogen (secondary N) is 3. The van der Waals surface area contributed by atoms with Gasteiger partial charge in [-0.1, -0.05) is 31.2 Å². The summed E-state index contributed by atoms with van der Waals surface area (Å²) in [6.07, 6.45) is 4.19. The van der Waals surface area contributed by atoms with Gasteiger partial charge < -0.3 is 20.7 Å². The van der Waals surface area contributed by atoms with E-state index in [9.17, 15) is 14.3 Å². The maximum Gasteiger partial charge on any atom is 0.315 e. The third kappa shape index (κ3) is 5.41. The number of hydrogen-bond acceptors (Lipinski definition) is 3. The second-order valence-electron chi connectivity index (χ2n) is 8.33. The molecule has 1 aliphatic rings. The number of aromatic nitrogens is 2. The van der Waals surface area contributed by atoms with Crippen molar-refractivity contribution in [3.05, 3.63) is 65.2 Å². The molecule has 7 heteroatoms. The summed E-state index contributed by atoms with van der Waals surface area (Å²) in [7, 11) is 0. The highest BCUT2D eigenvalue weighted by molar-refractivity contribution is 5.76. The van der Waals surface area contributed by atoms with E-state index in [1.54, 1.807) is 6.07 Å². The van der Waals surface area contributed by atoms with Crippen LogP contribution in [0, 0.1) is 5.82 Å². The first-order chi connectivity index (χ1) is 15.0.